The average molecular weight is 411 g/mol. The second-order valence-electron chi connectivity index (χ2n) is 7.11. The summed E-state index contributed by atoms with van der Waals surface area (Å²) in [7, 11) is 1.96. The highest BCUT2D eigenvalue weighted by atomic mass is 35.5. The van der Waals surface area contributed by atoms with Crippen LogP contribution in [-0.4, -0.2) is 49.2 Å². The zero-order valence-corrected chi connectivity index (χ0v) is 16.6. The topological polar surface area (TPSA) is 67.8 Å². The van der Waals surface area contributed by atoms with Crippen LogP contribution >= 0.6 is 11.6 Å². The third kappa shape index (κ3) is 3.21. The number of carbonyl (C=O) groups excluding carboxylic acids is 1. The summed E-state index contributed by atoms with van der Waals surface area (Å²) >= 11 is 6.32. The first-order valence-electron chi connectivity index (χ1n) is 9.46. The highest BCUT2D eigenvalue weighted by Crippen LogP contribution is 2.39. The maximum atomic E-state index is 13.2. The number of hydrogen-bond donors (Lipinski definition) is 0. The zero-order chi connectivity index (χ0) is 20.0. The summed E-state index contributed by atoms with van der Waals surface area (Å²) in [4.78, 5) is 26.4. The van der Waals surface area contributed by atoms with E-state index in [1.165, 1.54) is 0 Å². The maximum Gasteiger partial charge on any atom is 0.232 e. The van der Waals surface area contributed by atoms with E-state index in [0.29, 0.717) is 54.5 Å². The Hall–Kier alpha value is -3.06. The molecule has 0 radical (unpaired) electrons. The molecule has 1 aromatic heterocycles. The number of likely N-dealkylation sites (N-methyl/N-ethyl adjacent to an activating group) is 1. The lowest BCUT2D eigenvalue weighted by molar-refractivity contribution is -0.118. The Kier molecular flexibility index (Phi) is 4.39. The number of amides is 1. The molecule has 0 bridgehead atoms. The molecule has 8 heteroatoms. The minimum Gasteiger partial charge on any atom is -0.486 e. The van der Waals surface area contributed by atoms with Crippen LogP contribution in [0.3, 0.4) is 0 Å². The van der Waals surface area contributed by atoms with Gasteiger partial charge in [-0.2, -0.15) is 0 Å². The van der Waals surface area contributed by atoms with Crippen LogP contribution in [-0.2, 0) is 11.2 Å². The second-order valence-corrected chi connectivity index (χ2v) is 7.51. The average Bonchev–Trinajstić information content (AvgIpc) is 2.73. The number of carbonyl (C=O) groups is 1. The van der Waals surface area contributed by atoms with Crippen LogP contribution in [0.15, 0.2) is 36.4 Å². The largest absolute Gasteiger partial charge is 0.486 e. The van der Waals surface area contributed by atoms with Gasteiger partial charge in [0.25, 0.3) is 0 Å². The van der Waals surface area contributed by atoms with Crippen molar-refractivity contribution in [3.63, 3.8) is 0 Å². The summed E-state index contributed by atoms with van der Waals surface area (Å²) in [6.07, 6.45) is 0.189. The van der Waals surface area contributed by atoms with Crippen LogP contribution < -0.4 is 19.3 Å². The zero-order valence-electron chi connectivity index (χ0n) is 15.9. The molecule has 3 heterocycles. The van der Waals surface area contributed by atoms with Gasteiger partial charge in [0.1, 0.15) is 13.2 Å². The lowest BCUT2D eigenvalue weighted by Crippen LogP contribution is -2.44. The molecule has 2 aromatic carbocycles. The van der Waals surface area contributed by atoms with E-state index in [4.69, 9.17) is 31.0 Å². The van der Waals surface area contributed by atoms with Gasteiger partial charge in [-0.25, -0.2) is 9.97 Å². The van der Waals surface area contributed by atoms with Crippen molar-refractivity contribution in [1.29, 1.82) is 0 Å². The van der Waals surface area contributed by atoms with Crippen LogP contribution in [0.25, 0.3) is 11.0 Å². The van der Waals surface area contributed by atoms with Gasteiger partial charge in [-0.1, -0.05) is 23.7 Å². The van der Waals surface area contributed by atoms with Crippen molar-refractivity contribution in [1.82, 2.24) is 9.97 Å². The van der Waals surface area contributed by atoms with Crippen molar-refractivity contribution >= 4 is 40.2 Å². The molecule has 0 fully saturated rings. The number of para-hydroxylation sites is 2. The fourth-order valence-corrected chi connectivity index (χ4v) is 3.95. The van der Waals surface area contributed by atoms with Gasteiger partial charge >= 0.3 is 0 Å². The van der Waals surface area contributed by atoms with Crippen molar-refractivity contribution in [3.8, 4) is 11.5 Å². The van der Waals surface area contributed by atoms with Crippen LogP contribution in [0.4, 0.5) is 11.6 Å². The number of anilines is 2. The summed E-state index contributed by atoms with van der Waals surface area (Å²) < 4.78 is 11.2. The standard InChI is InChI=1S/C21H19ClN4O3/c1-25-6-7-26(21-20(25)23-15-4-2-3-5-16(15)24-21)18(27)12-13-10-14(22)19-17(11-13)28-8-9-29-19/h2-5,10-11H,6-9,12H2,1H3. The smallest absolute Gasteiger partial charge is 0.232 e. The second kappa shape index (κ2) is 7.08. The molecule has 29 heavy (non-hydrogen) atoms. The summed E-state index contributed by atoms with van der Waals surface area (Å²) in [5.41, 5.74) is 2.35. The van der Waals surface area contributed by atoms with Crippen LogP contribution in [0, 0.1) is 0 Å². The normalized spacial score (nSPS) is 15.4. The summed E-state index contributed by atoms with van der Waals surface area (Å²) in [6, 6.07) is 11.3. The predicted octanol–water partition coefficient (Wildman–Crippen LogP) is 3.08. The summed E-state index contributed by atoms with van der Waals surface area (Å²) in [5, 5.41) is 0.453. The Morgan fingerprint density at radius 3 is 2.59 bits per heavy atom. The Morgan fingerprint density at radius 1 is 1.07 bits per heavy atom. The van der Waals surface area contributed by atoms with E-state index in [1.807, 2.05) is 42.3 Å². The number of nitrogens with zero attached hydrogens (tertiary/aromatic N) is 4. The van der Waals surface area contributed by atoms with Gasteiger partial charge in [-0.05, 0) is 29.8 Å². The third-order valence-electron chi connectivity index (χ3n) is 5.12. The molecule has 0 spiro atoms. The lowest BCUT2D eigenvalue weighted by atomic mass is 10.1. The fourth-order valence-electron chi connectivity index (χ4n) is 3.66. The molecule has 0 aliphatic carbocycles. The number of hydrogen-bond acceptors (Lipinski definition) is 6. The minimum atomic E-state index is -0.0586. The SMILES string of the molecule is CN1CCN(C(=O)Cc2cc(Cl)c3c(c2)OCCO3)c2nc3ccccc3nc21. The lowest BCUT2D eigenvalue weighted by Gasteiger charge is -2.34. The molecule has 5 rings (SSSR count). The van der Waals surface area contributed by atoms with Gasteiger partial charge in [-0.15, -0.1) is 0 Å². The quantitative estimate of drug-likeness (QED) is 0.646. The molecule has 3 aromatic rings. The van der Waals surface area contributed by atoms with Gasteiger partial charge in [0.2, 0.25) is 5.91 Å². The number of halogens is 1. The molecule has 2 aliphatic heterocycles. The Bertz CT molecular complexity index is 1120. The molecule has 0 unspecified atom stereocenters. The van der Waals surface area contributed by atoms with E-state index >= 15 is 0 Å². The molecular formula is C21H19ClN4O3. The van der Waals surface area contributed by atoms with E-state index < -0.39 is 0 Å². The molecule has 2 aliphatic rings. The van der Waals surface area contributed by atoms with Crippen LogP contribution in [0.2, 0.25) is 5.02 Å². The monoisotopic (exact) mass is 410 g/mol. The summed E-state index contributed by atoms with van der Waals surface area (Å²) in [5.74, 6) is 2.36. The molecule has 148 valence electrons. The van der Waals surface area contributed by atoms with Crippen molar-refractivity contribution in [2.75, 3.05) is 43.2 Å². The van der Waals surface area contributed by atoms with E-state index in [9.17, 15) is 4.79 Å². The molecule has 0 atom stereocenters. The summed E-state index contributed by atoms with van der Waals surface area (Å²) in [6.45, 7) is 2.17. The molecular weight excluding hydrogens is 392 g/mol. The number of fused-ring (bicyclic) bond motifs is 3. The van der Waals surface area contributed by atoms with Gasteiger partial charge < -0.3 is 14.4 Å². The van der Waals surface area contributed by atoms with E-state index in [2.05, 4.69) is 0 Å². The molecule has 0 saturated heterocycles. The van der Waals surface area contributed by atoms with Crippen molar-refractivity contribution in [3.05, 3.63) is 47.0 Å². The minimum absolute atomic E-state index is 0.0586. The fraction of sp³-hybridized carbons (Fsp3) is 0.286. The van der Waals surface area contributed by atoms with Gasteiger partial charge in [0.05, 0.1) is 22.5 Å². The predicted molar refractivity (Wildman–Crippen MR) is 111 cm³/mol. The highest BCUT2D eigenvalue weighted by Gasteiger charge is 2.29. The van der Waals surface area contributed by atoms with Crippen molar-refractivity contribution in [2.24, 2.45) is 0 Å². The Labute approximate surface area is 172 Å². The maximum absolute atomic E-state index is 13.2. The van der Waals surface area contributed by atoms with Gasteiger partial charge in [-0.3, -0.25) is 9.69 Å². The van der Waals surface area contributed by atoms with Crippen LogP contribution in [0.5, 0.6) is 11.5 Å². The Morgan fingerprint density at radius 2 is 1.79 bits per heavy atom. The molecule has 0 saturated carbocycles. The van der Waals surface area contributed by atoms with E-state index in [0.717, 1.165) is 16.6 Å². The number of rotatable bonds is 2. The number of ether oxygens (including phenoxy) is 2. The molecule has 7 nitrogen and oxygen atoms in total. The Balaban J connectivity index is 1.47. The first kappa shape index (κ1) is 18.0. The van der Waals surface area contributed by atoms with Gasteiger partial charge in [0.15, 0.2) is 23.1 Å². The number of benzene rings is 2. The highest BCUT2D eigenvalue weighted by molar-refractivity contribution is 6.32. The van der Waals surface area contributed by atoms with E-state index in [1.54, 1.807) is 11.0 Å². The van der Waals surface area contributed by atoms with Crippen molar-refractivity contribution < 1.29 is 14.3 Å². The van der Waals surface area contributed by atoms with Crippen LogP contribution in [0.1, 0.15) is 5.56 Å². The van der Waals surface area contributed by atoms with Gasteiger partial charge in [0, 0.05) is 20.1 Å². The number of aromatic nitrogens is 2. The first-order chi connectivity index (χ1) is 14.1. The molecule has 0 N–H and O–H groups in total. The molecule has 1 amide bonds. The third-order valence-corrected chi connectivity index (χ3v) is 5.40. The first-order valence-corrected chi connectivity index (χ1v) is 9.84. The van der Waals surface area contributed by atoms with E-state index in [-0.39, 0.29) is 12.3 Å². The van der Waals surface area contributed by atoms with Crippen molar-refractivity contribution in [2.45, 2.75) is 6.42 Å².